The van der Waals surface area contributed by atoms with Gasteiger partial charge in [0.2, 0.25) is 5.91 Å². The molecule has 1 amide bonds. The number of carbonyl (C=O) groups is 1. The summed E-state index contributed by atoms with van der Waals surface area (Å²) in [4.78, 5) is 31.3. The number of nitrogens with zero attached hydrogens (tertiary/aromatic N) is 1. The summed E-state index contributed by atoms with van der Waals surface area (Å²) in [6, 6.07) is 0. The molecule has 1 unspecified atom stereocenters. The van der Waals surface area contributed by atoms with Crippen molar-refractivity contribution in [2.45, 2.75) is 46.5 Å². The van der Waals surface area contributed by atoms with E-state index in [1.54, 1.807) is 0 Å². The van der Waals surface area contributed by atoms with Crippen molar-refractivity contribution in [1.29, 1.82) is 0 Å². The van der Waals surface area contributed by atoms with Crippen LogP contribution in [0, 0.1) is 5.41 Å². The van der Waals surface area contributed by atoms with Crippen LogP contribution in [0.2, 0.25) is 0 Å². The molecule has 0 aromatic rings. The molecule has 2 N–H and O–H groups in total. The lowest BCUT2D eigenvalue weighted by molar-refractivity contribution is -0.890. The molecule has 0 saturated heterocycles. The molecular weight excluding hydrogens is 303 g/mol. The van der Waals surface area contributed by atoms with E-state index in [0.717, 1.165) is 36.8 Å². The van der Waals surface area contributed by atoms with Gasteiger partial charge in [-0.1, -0.05) is 20.8 Å². The highest BCUT2D eigenvalue weighted by molar-refractivity contribution is 7.50. The Morgan fingerprint density at radius 3 is 2.27 bits per heavy atom. The summed E-state index contributed by atoms with van der Waals surface area (Å²) in [7, 11) is 0.0732. The van der Waals surface area contributed by atoms with Crippen molar-refractivity contribution in [2.24, 2.45) is 5.41 Å². The molecule has 0 aromatic heterocycles. The van der Waals surface area contributed by atoms with Crippen molar-refractivity contribution in [2.75, 3.05) is 39.9 Å². The van der Waals surface area contributed by atoms with Gasteiger partial charge in [-0.15, -0.1) is 0 Å². The Kier molecular flexibility index (Phi) is 8.85. The van der Waals surface area contributed by atoms with Crippen LogP contribution in [0.4, 0.5) is 0 Å². The van der Waals surface area contributed by atoms with Gasteiger partial charge in [-0.3, -0.25) is 4.79 Å². The van der Waals surface area contributed by atoms with Gasteiger partial charge < -0.3 is 24.2 Å². The molecule has 132 valence electrons. The van der Waals surface area contributed by atoms with Crippen LogP contribution in [0.25, 0.3) is 0 Å². The van der Waals surface area contributed by atoms with Crippen molar-refractivity contribution in [3.63, 3.8) is 0 Å². The van der Waals surface area contributed by atoms with E-state index in [-0.39, 0.29) is 17.5 Å². The van der Waals surface area contributed by atoms with Crippen molar-refractivity contribution in [1.82, 2.24) is 5.32 Å². The first-order valence-electron chi connectivity index (χ1n) is 8.03. The lowest BCUT2D eigenvalue weighted by Crippen LogP contribution is -2.43. The average molecular weight is 336 g/mol. The minimum atomic E-state index is -4.11. The zero-order chi connectivity index (χ0) is 17.4. The Labute approximate surface area is 135 Å². The van der Waals surface area contributed by atoms with E-state index in [9.17, 15) is 14.3 Å². The largest absolute Gasteiger partial charge is 0.779 e. The Hall–Kier alpha value is -0.420. The van der Waals surface area contributed by atoms with Crippen LogP contribution < -0.4 is 10.2 Å². The molecule has 0 rings (SSSR count). The van der Waals surface area contributed by atoms with Crippen LogP contribution in [0.15, 0.2) is 0 Å². The molecule has 0 radical (unpaired) electrons. The smallest absolute Gasteiger partial charge is 0.225 e. The van der Waals surface area contributed by atoms with E-state index in [4.69, 9.17) is 4.89 Å². The van der Waals surface area contributed by atoms with Gasteiger partial charge in [0.1, 0.15) is 7.60 Å². The molecule has 0 aromatic carbocycles. The van der Waals surface area contributed by atoms with Crippen LogP contribution in [0.3, 0.4) is 0 Å². The predicted molar refractivity (Wildman–Crippen MR) is 87.5 cm³/mol. The number of amides is 1. The number of nitrogens with one attached hydrogen (secondary N) is 1. The number of carbonyl (C=O) groups excluding carboxylic acids is 1. The predicted octanol–water partition coefficient (Wildman–Crippen LogP) is 1.33. The number of unbranched alkanes of at least 4 members (excludes halogenated alkanes) is 1. The first-order valence-corrected chi connectivity index (χ1v) is 9.79. The highest BCUT2D eigenvalue weighted by Gasteiger charge is 2.24. The zero-order valence-corrected chi connectivity index (χ0v) is 15.6. The van der Waals surface area contributed by atoms with Crippen LogP contribution in [0.1, 0.15) is 46.5 Å². The van der Waals surface area contributed by atoms with Gasteiger partial charge in [0.25, 0.3) is 0 Å². The van der Waals surface area contributed by atoms with Gasteiger partial charge in [0, 0.05) is 24.5 Å². The fourth-order valence-electron chi connectivity index (χ4n) is 2.07. The minimum absolute atomic E-state index is 0.0921. The number of rotatable bonds is 11. The third-order valence-electron chi connectivity index (χ3n) is 4.18. The molecule has 7 heteroatoms. The van der Waals surface area contributed by atoms with E-state index in [1.165, 1.54) is 0 Å². The molecule has 1 atom stereocenters. The minimum Gasteiger partial charge on any atom is -0.779 e. The summed E-state index contributed by atoms with van der Waals surface area (Å²) >= 11 is 0. The van der Waals surface area contributed by atoms with Crippen LogP contribution >= 0.6 is 7.60 Å². The highest BCUT2D eigenvalue weighted by Crippen LogP contribution is 2.29. The van der Waals surface area contributed by atoms with Gasteiger partial charge in [-0.25, -0.2) is 0 Å². The van der Waals surface area contributed by atoms with Crippen molar-refractivity contribution in [3.8, 4) is 0 Å². The molecule has 0 heterocycles. The maximum atomic E-state index is 11.9. The molecule has 0 bridgehead atoms. The van der Waals surface area contributed by atoms with E-state index >= 15 is 0 Å². The van der Waals surface area contributed by atoms with Gasteiger partial charge in [0.05, 0.1) is 27.2 Å². The topological polar surface area (TPSA) is 89.5 Å². The maximum Gasteiger partial charge on any atom is 0.225 e. The Morgan fingerprint density at radius 1 is 1.23 bits per heavy atom. The van der Waals surface area contributed by atoms with Crippen molar-refractivity contribution >= 4 is 13.5 Å². The number of hydrogen-bond acceptors (Lipinski definition) is 3. The summed E-state index contributed by atoms with van der Waals surface area (Å²) in [5.41, 5.74) is -0.319. The maximum absolute atomic E-state index is 11.9. The SMILES string of the molecule is CCC(C)(C)C(=O)NCCC[N+](C)(C)CCCCP(=O)([O-])O. The summed E-state index contributed by atoms with van der Waals surface area (Å²) < 4.78 is 11.5. The van der Waals surface area contributed by atoms with Crippen molar-refractivity contribution < 1.29 is 23.6 Å². The lowest BCUT2D eigenvalue weighted by Gasteiger charge is -2.30. The molecule has 0 aliphatic heterocycles. The Morgan fingerprint density at radius 2 is 1.77 bits per heavy atom. The zero-order valence-electron chi connectivity index (χ0n) is 14.7. The first-order chi connectivity index (χ1) is 9.90. The molecule has 0 fully saturated rings. The van der Waals surface area contributed by atoms with Crippen LogP contribution in [-0.4, -0.2) is 55.2 Å². The van der Waals surface area contributed by atoms with Crippen molar-refractivity contribution in [3.05, 3.63) is 0 Å². The third-order valence-corrected chi connectivity index (χ3v) is 5.06. The van der Waals surface area contributed by atoms with Gasteiger partial charge in [0.15, 0.2) is 0 Å². The Bertz CT molecular complexity index is 391. The van der Waals surface area contributed by atoms with Gasteiger partial charge in [-0.2, -0.15) is 0 Å². The second-order valence-electron chi connectivity index (χ2n) is 7.30. The van der Waals surface area contributed by atoms with E-state index in [2.05, 4.69) is 19.4 Å². The monoisotopic (exact) mass is 336 g/mol. The standard InChI is InChI=1S/C15H33N2O4P/c1-6-15(2,3)14(18)16-10-9-12-17(4,5)11-7-8-13-22(19,20)21/h6-13H2,1-5H3,(H2-,16,18,19,20,21). The normalized spacial score (nSPS) is 15.4. The summed E-state index contributed by atoms with van der Waals surface area (Å²) in [6.07, 6.45) is 2.80. The molecule has 6 nitrogen and oxygen atoms in total. The van der Waals surface area contributed by atoms with Gasteiger partial charge >= 0.3 is 0 Å². The first kappa shape index (κ1) is 21.6. The summed E-state index contributed by atoms with van der Waals surface area (Å²) in [5.74, 6) is 0.0921. The fraction of sp³-hybridized carbons (Fsp3) is 0.933. The lowest BCUT2D eigenvalue weighted by atomic mass is 9.89. The van der Waals surface area contributed by atoms with E-state index in [1.807, 2.05) is 20.8 Å². The van der Waals surface area contributed by atoms with Crippen LogP contribution in [0.5, 0.6) is 0 Å². The number of quaternary nitrogens is 1. The van der Waals surface area contributed by atoms with Crippen LogP contribution in [-0.2, 0) is 9.36 Å². The molecule has 0 spiro atoms. The molecule has 0 aliphatic carbocycles. The molecule has 0 saturated carbocycles. The fourth-order valence-corrected chi connectivity index (χ4v) is 2.70. The summed E-state index contributed by atoms with van der Waals surface area (Å²) in [5, 5.41) is 2.97. The molecular formula is C15H33N2O4P. The highest BCUT2D eigenvalue weighted by atomic mass is 31.2. The quantitative estimate of drug-likeness (QED) is 0.338. The average Bonchev–Trinajstić information content (AvgIpc) is 2.38. The Balaban J connectivity index is 3.89. The van der Waals surface area contributed by atoms with Gasteiger partial charge in [-0.05, 0) is 19.3 Å². The molecule has 0 aliphatic rings. The van der Waals surface area contributed by atoms with E-state index < -0.39 is 7.60 Å². The summed E-state index contributed by atoms with van der Waals surface area (Å²) in [6.45, 7) is 8.33. The second kappa shape index (κ2) is 9.02. The third kappa shape index (κ3) is 10.3. The van der Waals surface area contributed by atoms with E-state index in [0.29, 0.717) is 13.0 Å². The second-order valence-corrected chi connectivity index (χ2v) is 9.02. The molecule has 22 heavy (non-hydrogen) atoms. The number of hydrogen-bond donors (Lipinski definition) is 2.